The van der Waals surface area contributed by atoms with Gasteiger partial charge in [0, 0.05) is 28.3 Å². The molecule has 2 N–H and O–H groups in total. The highest BCUT2D eigenvalue weighted by Gasteiger charge is 2.28. The second-order valence-corrected chi connectivity index (χ2v) is 5.69. The molecule has 1 atom stereocenters. The van der Waals surface area contributed by atoms with E-state index in [9.17, 15) is 15.0 Å². The molecule has 1 heterocycles. The fraction of sp³-hybridized carbons (Fsp3) is 0.0500. The largest absolute Gasteiger partial charge is 0.508 e. The summed E-state index contributed by atoms with van der Waals surface area (Å²) in [6, 6.07) is 11.9. The van der Waals surface area contributed by atoms with Gasteiger partial charge in [0.1, 0.15) is 29.3 Å². The molecule has 0 radical (unpaired) electrons. The van der Waals surface area contributed by atoms with Crippen LogP contribution in [0, 0.1) is 5.92 Å². The standard InChI is InChI=1S/C20H14O4/c21-11-12-5-7-15-18(9-12)24-19-10-13(22)6-8-16(19)20(15)14-3-1-2-4-17(14)23/h1-12,22-23H. The molecule has 0 saturated carbocycles. The lowest BCUT2D eigenvalue weighted by Crippen LogP contribution is -2.14. The number of para-hydroxylation sites is 1. The number of rotatable bonds is 2. The second kappa shape index (κ2) is 5.42. The van der Waals surface area contributed by atoms with Gasteiger partial charge >= 0.3 is 0 Å². The van der Waals surface area contributed by atoms with Gasteiger partial charge in [0.05, 0.1) is 5.92 Å². The third kappa shape index (κ3) is 2.20. The first-order chi connectivity index (χ1) is 11.7. The van der Waals surface area contributed by atoms with Gasteiger partial charge in [-0.05, 0) is 24.3 Å². The second-order valence-electron chi connectivity index (χ2n) is 5.69. The van der Waals surface area contributed by atoms with Crippen molar-refractivity contribution in [3.8, 4) is 17.2 Å². The van der Waals surface area contributed by atoms with Crippen molar-refractivity contribution in [2.24, 2.45) is 5.92 Å². The van der Waals surface area contributed by atoms with Crippen LogP contribution in [0.25, 0.3) is 5.57 Å². The van der Waals surface area contributed by atoms with Crippen LogP contribution in [0.5, 0.6) is 17.2 Å². The molecule has 118 valence electrons. The third-order valence-electron chi connectivity index (χ3n) is 4.15. The number of hydrogen-bond donors (Lipinski definition) is 2. The topological polar surface area (TPSA) is 66.8 Å². The Morgan fingerprint density at radius 3 is 2.67 bits per heavy atom. The number of hydrogen-bond acceptors (Lipinski definition) is 4. The van der Waals surface area contributed by atoms with Crippen LogP contribution in [0.15, 0.2) is 72.0 Å². The van der Waals surface area contributed by atoms with Crippen molar-refractivity contribution < 1.29 is 19.7 Å². The quantitative estimate of drug-likeness (QED) is 0.831. The number of benzene rings is 2. The molecule has 0 saturated heterocycles. The first kappa shape index (κ1) is 14.3. The van der Waals surface area contributed by atoms with E-state index in [1.165, 1.54) is 6.07 Å². The predicted octanol–water partition coefficient (Wildman–Crippen LogP) is 3.56. The summed E-state index contributed by atoms with van der Waals surface area (Å²) >= 11 is 0. The van der Waals surface area contributed by atoms with Crippen molar-refractivity contribution in [2.45, 2.75) is 0 Å². The minimum Gasteiger partial charge on any atom is -0.508 e. The number of aromatic hydroxyl groups is 2. The van der Waals surface area contributed by atoms with Crippen molar-refractivity contribution in [1.29, 1.82) is 0 Å². The lowest BCUT2D eigenvalue weighted by molar-refractivity contribution is -0.109. The third-order valence-corrected chi connectivity index (χ3v) is 4.15. The van der Waals surface area contributed by atoms with Gasteiger partial charge in [0.15, 0.2) is 0 Å². The van der Waals surface area contributed by atoms with Gasteiger partial charge in [-0.3, -0.25) is 0 Å². The lowest BCUT2D eigenvalue weighted by Gasteiger charge is -2.27. The van der Waals surface area contributed by atoms with E-state index >= 15 is 0 Å². The number of aldehydes is 1. The smallest absolute Gasteiger partial charge is 0.138 e. The summed E-state index contributed by atoms with van der Waals surface area (Å²) in [4.78, 5) is 11.1. The SMILES string of the molecule is O=CC1C=CC2=C(c3ccccc3O)c3ccc(O)cc3OC2=C1. The summed E-state index contributed by atoms with van der Waals surface area (Å²) in [6.45, 7) is 0. The summed E-state index contributed by atoms with van der Waals surface area (Å²) in [5, 5.41) is 20.1. The Labute approximate surface area is 138 Å². The average molecular weight is 318 g/mol. The maximum Gasteiger partial charge on any atom is 0.138 e. The molecule has 2 aromatic carbocycles. The number of phenols is 2. The molecule has 1 unspecified atom stereocenters. The molecule has 0 aromatic heterocycles. The molecule has 24 heavy (non-hydrogen) atoms. The highest BCUT2D eigenvalue weighted by molar-refractivity contribution is 5.92. The first-order valence-electron chi connectivity index (χ1n) is 7.57. The average Bonchev–Trinajstić information content (AvgIpc) is 2.59. The number of phenolic OH excluding ortho intramolecular Hbond substituents is 2. The number of carbonyl (C=O) groups excluding carboxylic acids is 1. The summed E-state index contributed by atoms with van der Waals surface area (Å²) in [6.07, 6.45) is 6.20. The van der Waals surface area contributed by atoms with Crippen LogP contribution in [0.2, 0.25) is 0 Å². The Morgan fingerprint density at radius 1 is 1.04 bits per heavy atom. The Balaban J connectivity index is 2.02. The van der Waals surface area contributed by atoms with Crippen LogP contribution in [0.1, 0.15) is 11.1 Å². The normalized spacial score (nSPS) is 18.3. The molecule has 0 amide bonds. The molecule has 1 aliphatic heterocycles. The molecular weight excluding hydrogens is 304 g/mol. The number of ether oxygens (including phenoxy) is 1. The number of fused-ring (bicyclic) bond motifs is 2. The maximum atomic E-state index is 11.1. The van der Waals surface area contributed by atoms with E-state index in [-0.39, 0.29) is 17.4 Å². The fourth-order valence-electron chi connectivity index (χ4n) is 3.03. The summed E-state index contributed by atoms with van der Waals surface area (Å²) in [7, 11) is 0. The highest BCUT2D eigenvalue weighted by atomic mass is 16.5. The predicted molar refractivity (Wildman–Crippen MR) is 89.6 cm³/mol. The van der Waals surface area contributed by atoms with E-state index in [1.54, 1.807) is 36.4 Å². The van der Waals surface area contributed by atoms with Crippen molar-refractivity contribution >= 4 is 11.9 Å². The molecule has 0 spiro atoms. The summed E-state index contributed by atoms with van der Waals surface area (Å²) < 4.78 is 5.89. The van der Waals surface area contributed by atoms with Gasteiger partial charge in [-0.2, -0.15) is 0 Å². The van der Waals surface area contributed by atoms with Gasteiger partial charge in [-0.15, -0.1) is 0 Å². The Morgan fingerprint density at radius 2 is 1.88 bits per heavy atom. The zero-order chi connectivity index (χ0) is 16.7. The van der Waals surface area contributed by atoms with Crippen molar-refractivity contribution in [3.63, 3.8) is 0 Å². The highest BCUT2D eigenvalue weighted by Crippen LogP contribution is 2.46. The van der Waals surface area contributed by atoms with Crippen molar-refractivity contribution in [2.75, 3.05) is 0 Å². The van der Waals surface area contributed by atoms with Crippen LogP contribution in [-0.2, 0) is 4.79 Å². The maximum absolute atomic E-state index is 11.1. The van der Waals surface area contributed by atoms with E-state index in [1.807, 2.05) is 18.2 Å². The summed E-state index contributed by atoms with van der Waals surface area (Å²) in [5.41, 5.74) is 3.05. The van der Waals surface area contributed by atoms with Gasteiger partial charge < -0.3 is 19.7 Å². The molecule has 0 fully saturated rings. The molecule has 0 bridgehead atoms. The molecular formula is C20H14O4. The van der Waals surface area contributed by atoms with Crippen molar-refractivity contribution in [1.82, 2.24) is 0 Å². The molecule has 4 heteroatoms. The van der Waals surface area contributed by atoms with E-state index in [0.717, 1.165) is 23.0 Å². The van der Waals surface area contributed by atoms with Gasteiger partial charge in [-0.1, -0.05) is 30.4 Å². The van der Waals surface area contributed by atoms with Gasteiger partial charge in [0.2, 0.25) is 0 Å². The van der Waals surface area contributed by atoms with Gasteiger partial charge in [0.25, 0.3) is 0 Å². The molecule has 2 aromatic rings. The Hall–Kier alpha value is -3.27. The van der Waals surface area contributed by atoms with E-state index in [0.29, 0.717) is 17.1 Å². The molecule has 1 aliphatic carbocycles. The van der Waals surface area contributed by atoms with Crippen LogP contribution < -0.4 is 4.74 Å². The van der Waals surface area contributed by atoms with Gasteiger partial charge in [-0.25, -0.2) is 0 Å². The van der Waals surface area contributed by atoms with Crippen LogP contribution >= 0.6 is 0 Å². The lowest BCUT2D eigenvalue weighted by atomic mass is 9.86. The van der Waals surface area contributed by atoms with E-state index in [2.05, 4.69) is 0 Å². The molecule has 4 nitrogen and oxygen atoms in total. The molecule has 2 aliphatic rings. The van der Waals surface area contributed by atoms with Crippen LogP contribution in [0.3, 0.4) is 0 Å². The fourth-order valence-corrected chi connectivity index (χ4v) is 3.03. The minimum atomic E-state index is -0.353. The van der Waals surface area contributed by atoms with Crippen LogP contribution in [0.4, 0.5) is 0 Å². The zero-order valence-corrected chi connectivity index (χ0v) is 12.6. The van der Waals surface area contributed by atoms with E-state index < -0.39 is 0 Å². The Bertz CT molecular complexity index is 934. The monoisotopic (exact) mass is 318 g/mol. The van der Waals surface area contributed by atoms with Crippen molar-refractivity contribution in [3.05, 3.63) is 83.2 Å². The zero-order valence-electron chi connectivity index (χ0n) is 12.6. The molecule has 4 rings (SSSR count). The Kier molecular flexibility index (Phi) is 3.24. The van der Waals surface area contributed by atoms with E-state index in [4.69, 9.17) is 4.74 Å². The van der Waals surface area contributed by atoms with Crippen LogP contribution in [-0.4, -0.2) is 16.5 Å². The number of carbonyl (C=O) groups is 1. The first-order valence-corrected chi connectivity index (χ1v) is 7.57. The summed E-state index contributed by atoms with van der Waals surface area (Å²) in [5.74, 6) is 0.932. The number of allylic oxidation sites excluding steroid dienone is 3. The minimum absolute atomic E-state index is 0.0905.